The monoisotopic (exact) mass is 904 g/mol. The van der Waals surface area contributed by atoms with Crippen molar-refractivity contribution in [1.82, 2.24) is 0 Å². The molecule has 0 spiro atoms. The van der Waals surface area contributed by atoms with Crippen molar-refractivity contribution < 1.29 is 71.2 Å². The summed E-state index contributed by atoms with van der Waals surface area (Å²) in [6.07, 6.45) is 0. The zero-order valence-electron chi connectivity index (χ0n) is 39.8. The van der Waals surface area contributed by atoms with Crippen LogP contribution in [0.25, 0.3) is 0 Å². The first-order valence-corrected chi connectivity index (χ1v) is 20.8. The Labute approximate surface area is 382 Å². The van der Waals surface area contributed by atoms with E-state index < -0.39 is 28.7 Å². The predicted molar refractivity (Wildman–Crippen MR) is 240 cm³/mol. The van der Waals surface area contributed by atoms with E-state index in [1.165, 1.54) is 21.3 Å². The summed E-state index contributed by atoms with van der Waals surface area (Å²) in [6, 6.07) is 20.6. The van der Waals surface area contributed by atoms with Crippen LogP contribution in [-0.2, 0) is 107 Å². The Kier molecular flexibility index (Phi) is 19.8. The molecule has 15 heteroatoms. The van der Waals surface area contributed by atoms with E-state index in [4.69, 9.17) is 56.8 Å². The van der Waals surface area contributed by atoms with Crippen molar-refractivity contribution in [2.45, 2.75) is 71.2 Å². The summed E-state index contributed by atoms with van der Waals surface area (Å²) >= 11 is 0. The van der Waals surface area contributed by atoms with Crippen molar-refractivity contribution >= 4 is 17.9 Å². The molecule has 0 saturated carbocycles. The second-order valence-corrected chi connectivity index (χ2v) is 15.9. The summed E-state index contributed by atoms with van der Waals surface area (Å²) in [7, 11) is 13.5. The van der Waals surface area contributed by atoms with E-state index in [2.05, 4.69) is 45.0 Å². The van der Waals surface area contributed by atoms with Crippen molar-refractivity contribution in [3.63, 3.8) is 0 Å². The van der Waals surface area contributed by atoms with Gasteiger partial charge in [0.25, 0.3) is 0 Å². The summed E-state index contributed by atoms with van der Waals surface area (Å²) in [5.74, 6) is -0.157. The molecule has 0 aromatic heterocycles. The van der Waals surface area contributed by atoms with Gasteiger partial charge in [-0.3, -0.25) is 0 Å². The number of carbonyl (C=O) groups excluding carboxylic acids is 3. The molecule has 4 aromatic carbocycles. The van der Waals surface area contributed by atoms with Crippen LogP contribution in [0, 0.1) is 0 Å². The Morgan fingerprint density at radius 1 is 0.369 bits per heavy atom. The van der Waals surface area contributed by atoms with Gasteiger partial charge >= 0.3 is 17.9 Å². The molecule has 0 aliphatic carbocycles. The van der Waals surface area contributed by atoms with Gasteiger partial charge in [0.2, 0.25) is 0 Å². The van der Waals surface area contributed by atoms with Crippen LogP contribution in [0.5, 0.6) is 17.2 Å². The first-order chi connectivity index (χ1) is 31.2. The molecule has 65 heavy (non-hydrogen) atoms. The fraction of sp³-hybridized carbons (Fsp3) is 0.460. The Bertz CT molecular complexity index is 2050. The van der Waals surface area contributed by atoms with Crippen molar-refractivity contribution in [2.24, 2.45) is 0 Å². The predicted octanol–water partition coefficient (Wildman–Crippen LogP) is 6.90. The molecule has 0 heterocycles. The van der Waals surface area contributed by atoms with Gasteiger partial charge in [-0.2, -0.15) is 0 Å². The lowest BCUT2D eigenvalue weighted by Gasteiger charge is -2.35. The molecule has 0 amide bonds. The van der Waals surface area contributed by atoms with Gasteiger partial charge in [-0.05, 0) is 71.1 Å². The Morgan fingerprint density at radius 3 is 0.862 bits per heavy atom. The number of hydrogen-bond donors (Lipinski definition) is 0. The van der Waals surface area contributed by atoms with E-state index in [0.29, 0.717) is 39.5 Å². The molecule has 0 aliphatic heterocycles. The van der Waals surface area contributed by atoms with Crippen molar-refractivity contribution in [3.8, 4) is 17.2 Å². The molecule has 0 fully saturated rings. The average molecular weight is 905 g/mol. The quantitative estimate of drug-likeness (QED) is 0.0363. The highest BCUT2D eigenvalue weighted by atomic mass is 16.6. The fourth-order valence-electron chi connectivity index (χ4n) is 7.79. The highest BCUT2D eigenvalue weighted by Gasteiger charge is 2.36. The van der Waals surface area contributed by atoms with Gasteiger partial charge in [-0.15, -0.1) is 0 Å². The summed E-state index contributed by atoms with van der Waals surface area (Å²) in [5, 5.41) is 0. The lowest BCUT2D eigenvalue weighted by Crippen LogP contribution is -2.28. The third kappa shape index (κ3) is 12.6. The third-order valence-electron chi connectivity index (χ3n) is 11.3. The van der Waals surface area contributed by atoms with Crippen LogP contribution < -0.4 is 14.2 Å². The van der Waals surface area contributed by atoms with Gasteiger partial charge in [-0.25, -0.2) is 14.4 Å². The van der Waals surface area contributed by atoms with E-state index >= 15 is 0 Å². The summed E-state index contributed by atoms with van der Waals surface area (Å²) in [6.45, 7) is 6.65. The minimum atomic E-state index is -0.906. The Hall–Kier alpha value is -5.55. The van der Waals surface area contributed by atoms with Crippen LogP contribution in [-0.4, -0.2) is 102 Å². The maximum Gasteiger partial charge on any atom is 0.343 e. The molecule has 0 unspecified atom stereocenters. The van der Waals surface area contributed by atoms with Crippen molar-refractivity contribution in [2.75, 3.05) is 83.8 Å². The normalized spacial score (nSPS) is 11.6. The van der Waals surface area contributed by atoms with Crippen LogP contribution in [0.1, 0.15) is 82.0 Å². The van der Waals surface area contributed by atoms with Crippen molar-refractivity contribution in [1.29, 1.82) is 0 Å². The van der Waals surface area contributed by atoms with E-state index in [1.807, 2.05) is 36.4 Å². The zero-order valence-corrected chi connectivity index (χ0v) is 39.8. The molecule has 354 valence electrons. The number of hydrogen-bond acceptors (Lipinski definition) is 15. The maximum absolute atomic E-state index is 12.3. The van der Waals surface area contributed by atoms with E-state index in [1.54, 1.807) is 42.7 Å². The number of carbonyl (C=O) groups is 3. The van der Waals surface area contributed by atoms with Gasteiger partial charge < -0.3 is 56.8 Å². The zero-order chi connectivity index (χ0) is 47.7. The van der Waals surface area contributed by atoms with Crippen LogP contribution in [0.2, 0.25) is 0 Å². The standard InChI is InChI=1S/C50H64O15/c1-49(2,40-17-32(23-54-4)46(33(18-40)24-55-5)63-29-43(51)60-10)38-13-15-39(16-14-38)50(3,41-19-34(25-56-6)47(35(20-41)26-57-7)64-30-44(52)61-11)42-21-36(27-58-8)48(37(22-42)28-59-9)65-31-45(53)62-12/h13-22H,23-31H2,1-12H3. The van der Waals surface area contributed by atoms with Crippen LogP contribution in [0.3, 0.4) is 0 Å². The van der Waals surface area contributed by atoms with E-state index in [0.717, 1.165) is 38.9 Å². The summed E-state index contributed by atoms with van der Waals surface area (Å²) in [5.41, 5.74) is 7.45. The average Bonchev–Trinajstić information content (AvgIpc) is 3.30. The SMILES string of the molecule is COCc1cc(C(C)(C)c2ccc(C(C)(c3cc(COC)c(OCC(=O)OC)c(COC)c3)c3cc(COC)c(OCC(=O)OC)c(COC)c3)cc2)cc(COC)c1OCC(=O)OC. The molecular formula is C50H64O15. The van der Waals surface area contributed by atoms with Gasteiger partial charge in [0, 0.05) is 86.9 Å². The second kappa shape index (κ2) is 24.7. The van der Waals surface area contributed by atoms with Gasteiger partial charge in [-0.1, -0.05) is 38.1 Å². The molecule has 0 saturated heterocycles. The number of benzene rings is 4. The largest absolute Gasteiger partial charge is 0.481 e. The molecule has 15 nitrogen and oxygen atoms in total. The molecule has 0 N–H and O–H groups in total. The number of esters is 3. The third-order valence-corrected chi connectivity index (χ3v) is 11.3. The van der Waals surface area contributed by atoms with Gasteiger partial charge in [0.1, 0.15) is 17.2 Å². The molecule has 4 rings (SSSR count). The van der Waals surface area contributed by atoms with E-state index in [9.17, 15) is 14.4 Å². The summed E-state index contributed by atoms with van der Waals surface area (Å²) < 4.78 is 66.7. The minimum absolute atomic E-state index is 0.164. The number of ether oxygens (including phenoxy) is 12. The Morgan fingerprint density at radius 2 is 0.615 bits per heavy atom. The van der Waals surface area contributed by atoms with Crippen LogP contribution >= 0.6 is 0 Å². The molecule has 0 bridgehead atoms. The van der Waals surface area contributed by atoms with Crippen LogP contribution in [0.15, 0.2) is 60.7 Å². The number of methoxy groups -OCH3 is 9. The Balaban J connectivity index is 2.03. The number of rotatable bonds is 26. The molecule has 4 aromatic rings. The van der Waals surface area contributed by atoms with Crippen molar-refractivity contribution in [3.05, 3.63) is 122 Å². The first kappa shape index (κ1) is 52.1. The maximum atomic E-state index is 12.3. The second-order valence-electron chi connectivity index (χ2n) is 15.9. The fourth-order valence-corrected chi connectivity index (χ4v) is 7.79. The minimum Gasteiger partial charge on any atom is -0.481 e. The van der Waals surface area contributed by atoms with E-state index in [-0.39, 0.29) is 59.5 Å². The smallest absolute Gasteiger partial charge is 0.343 e. The molecule has 0 radical (unpaired) electrons. The molecule has 0 atom stereocenters. The first-order valence-electron chi connectivity index (χ1n) is 20.8. The van der Waals surface area contributed by atoms with Crippen LogP contribution in [0.4, 0.5) is 0 Å². The highest BCUT2D eigenvalue weighted by molar-refractivity contribution is 5.72. The highest BCUT2D eigenvalue weighted by Crippen LogP contribution is 2.46. The lowest BCUT2D eigenvalue weighted by molar-refractivity contribution is -0.143. The lowest BCUT2D eigenvalue weighted by atomic mass is 9.68. The van der Waals surface area contributed by atoms with Gasteiger partial charge in [0.15, 0.2) is 19.8 Å². The molecular weight excluding hydrogens is 841 g/mol. The van der Waals surface area contributed by atoms with Gasteiger partial charge in [0.05, 0.1) is 61.0 Å². The molecule has 0 aliphatic rings. The summed E-state index contributed by atoms with van der Waals surface area (Å²) in [4.78, 5) is 36.6. The topological polar surface area (TPSA) is 162 Å².